The molecule has 0 aromatic rings. The lowest BCUT2D eigenvalue weighted by molar-refractivity contribution is -0.132. The monoisotopic (exact) mass is 252 g/mol. The summed E-state index contributed by atoms with van der Waals surface area (Å²) in [6.45, 7) is 8.03. The predicted molar refractivity (Wildman–Crippen MR) is 70.1 cm³/mol. The molecule has 0 aliphatic heterocycles. The topological polar surface area (TPSA) is 57.5 Å². The minimum Gasteiger partial charge on any atom is -0.393 e. The normalized spacial score (nSPS) is 44.0. The Morgan fingerprint density at radius 2 is 1.83 bits per heavy atom. The molecule has 3 nitrogen and oxygen atoms in total. The van der Waals surface area contributed by atoms with Gasteiger partial charge in [0.05, 0.1) is 6.10 Å². The van der Waals surface area contributed by atoms with Crippen LogP contribution in [-0.4, -0.2) is 27.7 Å². The van der Waals surface area contributed by atoms with Crippen LogP contribution in [0.15, 0.2) is 11.6 Å². The molecule has 2 aliphatic carbocycles. The highest BCUT2D eigenvalue weighted by molar-refractivity contribution is 5.98. The van der Waals surface area contributed by atoms with Crippen molar-refractivity contribution in [2.45, 2.75) is 65.1 Å². The molecule has 102 valence electrons. The van der Waals surface area contributed by atoms with Gasteiger partial charge in [0.2, 0.25) is 0 Å². The number of allylic oxidation sites excluding steroid dienone is 1. The first-order chi connectivity index (χ1) is 8.08. The molecule has 3 unspecified atom stereocenters. The van der Waals surface area contributed by atoms with E-state index in [0.29, 0.717) is 12.8 Å². The molecular weight excluding hydrogens is 228 g/mol. The van der Waals surface area contributed by atoms with E-state index < -0.39 is 5.60 Å². The second-order valence-electron chi connectivity index (χ2n) is 7.09. The van der Waals surface area contributed by atoms with Crippen molar-refractivity contribution in [3.63, 3.8) is 0 Å². The third kappa shape index (κ3) is 1.94. The van der Waals surface area contributed by atoms with Crippen LogP contribution in [0.5, 0.6) is 0 Å². The average molecular weight is 252 g/mol. The van der Waals surface area contributed by atoms with E-state index in [2.05, 4.69) is 20.8 Å². The molecule has 0 spiro atoms. The fraction of sp³-hybridized carbons (Fsp3) is 0.800. The summed E-state index contributed by atoms with van der Waals surface area (Å²) in [6.07, 6.45) is 4.05. The van der Waals surface area contributed by atoms with Crippen molar-refractivity contribution in [1.29, 1.82) is 0 Å². The summed E-state index contributed by atoms with van der Waals surface area (Å²) in [4.78, 5) is 11.9. The number of aliphatic hydroxyl groups excluding tert-OH is 1. The lowest BCUT2D eigenvalue weighted by Gasteiger charge is -2.43. The second kappa shape index (κ2) is 3.91. The SMILES string of the molecule is CC1(O)CCC(C2(C)CC(O)CC2(C)C)=CC1=O. The van der Waals surface area contributed by atoms with Gasteiger partial charge in [-0.15, -0.1) is 0 Å². The number of aliphatic hydroxyl groups is 2. The Morgan fingerprint density at radius 3 is 2.28 bits per heavy atom. The van der Waals surface area contributed by atoms with Crippen LogP contribution in [-0.2, 0) is 4.79 Å². The van der Waals surface area contributed by atoms with Crippen LogP contribution in [0, 0.1) is 10.8 Å². The van der Waals surface area contributed by atoms with Crippen molar-refractivity contribution in [2.24, 2.45) is 10.8 Å². The maximum Gasteiger partial charge on any atom is 0.186 e. The van der Waals surface area contributed by atoms with Gasteiger partial charge in [0.1, 0.15) is 5.60 Å². The molecule has 3 heteroatoms. The highest BCUT2D eigenvalue weighted by atomic mass is 16.3. The molecule has 18 heavy (non-hydrogen) atoms. The smallest absolute Gasteiger partial charge is 0.186 e. The first-order valence-corrected chi connectivity index (χ1v) is 6.74. The van der Waals surface area contributed by atoms with Gasteiger partial charge < -0.3 is 10.2 Å². The van der Waals surface area contributed by atoms with Gasteiger partial charge in [-0.05, 0) is 49.5 Å². The zero-order valence-electron chi connectivity index (χ0n) is 11.8. The van der Waals surface area contributed by atoms with E-state index in [1.165, 1.54) is 0 Å². The molecule has 1 saturated carbocycles. The van der Waals surface area contributed by atoms with Crippen molar-refractivity contribution in [3.8, 4) is 0 Å². The lowest BCUT2D eigenvalue weighted by Crippen LogP contribution is -2.41. The Bertz CT molecular complexity index is 406. The summed E-state index contributed by atoms with van der Waals surface area (Å²) in [5.41, 5.74) is -0.262. The summed E-state index contributed by atoms with van der Waals surface area (Å²) < 4.78 is 0. The molecule has 0 radical (unpaired) electrons. The van der Waals surface area contributed by atoms with E-state index in [9.17, 15) is 15.0 Å². The summed E-state index contributed by atoms with van der Waals surface area (Å²) in [5.74, 6) is -0.192. The van der Waals surface area contributed by atoms with Gasteiger partial charge in [0.15, 0.2) is 5.78 Å². The van der Waals surface area contributed by atoms with Crippen molar-refractivity contribution < 1.29 is 15.0 Å². The number of hydrogen-bond donors (Lipinski definition) is 2. The lowest BCUT2D eigenvalue weighted by atomic mass is 9.62. The molecule has 2 rings (SSSR count). The number of carbonyl (C=O) groups is 1. The maximum atomic E-state index is 11.9. The van der Waals surface area contributed by atoms with Crippen LogP contribution in [0.4, 0.5) is 0 Å². The molecule has 1 fully saturated rings. The molecule has 0 bridgehead atoms. The van der Waals surface area contributed by atoms with Gasteiger partial charge in [-0.25, -0.2) is 0 Å². The zero-order chi connectivity index (χ0) is 13.8. The molecular formula is C15H24O3. The zero-order valence-corrected chi connectivity index (χ0v) is 11.8. The van der Waals surface area contributed by atoms with Gasteiger partial charge in [0.25, 0.3) is 0 Å². The number of rotatable bonds is 1. The Kier molecular flexibility index (Phi) is 2.99. The largest absolute Gasteiger partial charge is 0.393 e. The van der Waals surface area contributed by atoms with Crippen LogP contribution in [0.3, 0.4) is 0 Å². The van der Waals surface area contributed by atoms with Gasteiger partial charge in [-0.1, -0.05) is 26.3 Å². The highest BCUT2D eigenvalue weighted by Gasteiger charge is 2.52. The highest BCUT2D eigenvalue weighted by Crippen LogP contribution is 2.58. The van der Waals surface area contributed by atoms with E-state index in [1.807, 2.05) is 0 Å². The minimum atomic E-state index is -1.21. The quantitative estimate of drug-likeness (QED) is 0.752. The van der Waals surface area contributed by atoms with Crippen molar-refractivity contribution in [2.75, 3.05) is 0 Å². The Labute approximate surface area is 109 Å². The summed E-state index contributed by atoms with van der Waals surface area (Å²) >= 11 is 0. The average Bonchev–Trinajstić information content (AvgIpc) is 2.40. The van der Waals surface area contributed by atoms with E-state index in [-0.39, 0.29) is 22.7 Å². The van der Waals surface area contributed by atoms with Gasteiger partial charge in [0, 0.05) is 0 Å². The summed E-state index contributed by atoms with van der Waals surface area (Å²) in [5, 5.41) is 19.9. The minimum absolute atomic E-state index is 0.0122. The molecule has 0 amide bonds. The van der Waals surface area contributed by atoms with E-state index in [0.717, 1.165) is 18.4 Å². The molecule has 0 aromatic heterocycles. The standard InChI is InChI=1S/C15H24O3/c1-13(2)8-11(16)9-14(13,3)10-5-6-15(4,18)12(17)7-10/h7,11,16,18H,5-6,8-9H2,1-4H3. The van der Waals surface area contributed by atoms with Crippen LogP contribution >= 0.6 is 0 Å². The molecule has 3 atom stereocenters. The third-order valence-corrected chi connectivity index (χ3v) is 5.31. The predicted octanol–water partition coefficient (Wildman–Crippen LogP) is 2.21. The van der Waals surface area contributed by atoms with Crippen molar-refractivity contribution >= 4 is 5.78 Å². The van der Waals surface area contributed by atoms with Crippen LogP contribution in [0.2, 0.25) is 0 Å². The fourth-order valence-electron chi connectivity index (χ4n) is 3.52. The molecule has 0 aromatic carbocycles. The van der Waals surface area contributed by atoms with Crippen LogP contribution in [0.25, 0.3) is 0 Å². The van der Waals surface area contributed by atoms with Crippen LogP contribution in [0.1, 0.15) is 53.4 Å². The van der Waals surface area contributed by atoms with E-state index >= 15 is 0 Å². The first-order valence-electron chi connectivity index (χ1n) is 6.74. The third-order valence-electron chi connectivity index (χ3n) is 5.31. The van der Waals surface area contributed by atoms with E-state index in [4.69, 9.17) is 0 Å². The van der Waals surface area contributed by atoms with Gasteiger partial charge >= 0.3 is 0 Å². The van der Waals surface area contributed by atoms with Gasteiger partial charge in [-0.3, -0.25) is 4.79 Å². The molecule has 0 saturated heterocycles. The van der Waals surface area contributed by atoms with E-state index in [1.54, 1.807) is 13.0 Å². The first kappa shape index (κ1) is 13.8. The molecule has 2 N–H and O–H groups in total. The number of carbonyl (C=O) groups excluding carboxylic acids is 1. The van der Waals surface area contributed by atoms with Crippen LogP contribution < -0.4 is 0 Å². The molecule has 2 aliphatic rings. The number of ketones is 1. The summed E-state index contributed by atoms with van der Waals surface area (Å²) in [6, 6.07) is 0. The maximum absolute atomic E-state index is 11.9. The van der Waals surface area contributed by atoms with Crippen molar-refractivity contribution in [1.82, 2.24) is 0 Å². The second-order valence-corrected chi connectivity index (χ2v) is 7.09. The fourth-order valence-corrected chi connectivity index (χ4v) is 3.52. The number of hydrogen-bond acceptors (Lipinski definition) is 3. The molecule has 0 heterocycles. The Morgan fingerprint density at radius 1 is 1.22 bits per heavy atom. The van der Waals surface area contributed by atoms with Gasteiger partial charge in [-0.2, -0.15) is 0 Å². The Balaban J connectivity index is 2.36. The Hall–Kier alpha value is -0.670. The van der Waals surface area contributed by atoms with Crippen molar-refractivity contribution in [3.05, 3.63) is 11.6 Å². The summed E-state index contributed by atoms with van der Waals surface area (Å²) in [7, 11) is 0.